The Bertz CT molecular complexity index is 390. The minimum atomic E-state index is -1.88. The van der Waals surface area contributed by atoms with Gasteiger partial charge >= 0.3 is 5.97 Å². The first kappa shape index (κ1) is 16.7. The van der Waals surface area contributed by atoms with Crippen molar-refractivity contribution < 1.29 is 29.6 Å². The smallest absolute Gasteiger partial charge is 0.341 e. The summed E-state index contributed by atoms with van der Waals surface area (Å²) in [6.07, 6.45) is 1.58. The highest BCUT2D eigenvalue weighted by Gasteiger charge is 2.53. The molecule has 6 heteroatoms. The molecule has 0 aliphatic carbocycles. The molecule has 2 aliphatic rings. The summed E-state index contributed by atoms with van der Waals surface area (Å²) in [5.74, 6) is -1.08. The number of rotatable bonds is 5. The van der Waals surface area contributed by atoms with Crippen LogP contribution in [0, 0.1) is 11.8 Å². The first-order chi connectivity index (χ1) is 9.71. The van der Waals surface area contributed by atoms with E-state index in [9.17, 15) is 20.2 Å². The molecule has 2 fully saturated rings. The van der Waals surface area contributed by atoms with Crippen molar-refractivity contribution in [1.29, 1.82) is 0 Å². The number of aliphatic hydroxyl groups excluding tert-OH is 1. The third kappa shape index (κ3) is 2.82. The van der Waals surface area contributed by atoms with Crippen molar-refractivity contribution in [3.8, 4) is 0 Å². The summed E-state index contributed by atoms with van der Waals surface area (Å²) >= 11 is 0. The number of ether oxygens (including phenoxy) is 1. The fourth-order valence-corrected chi connectivity index (χ4v) is 3.85. The highest BCUT2D eigenvalue weighted by Crippen LogP contribution is 2.38. The highest BCUT2D eigenvalue weighted by atomic mass is 16.6. The first-order valence-electron chi connectivity index (χ1n) is 7.89. The van der Waals surface area contributed by atoms with Crippen LogP contribution in [0.4, 0.5) is 0 Å². The molecule has 122 valence electrons. The number of fused-ring (bicyclic) bond motifs is 1. The van der Waals surface area contributed by atoms with Gasteiger partial charge in [-0.05, 0) is 12.8 Å². The van der Waals surface area contributed by atoms with Crippen LogP contribution < -0.4 is 0 Å². The number of quaternary nitrogens is 1. The van der Waals surface area contributed by atoms with Crippen molar-refractivity contribution in [2.24, 2.45) is 11.8 Å². The van der Waals surface area contributed by atoms with Crippen molar-refractivity contribution in [2.75, 3.05) is 19.7 Å². The van der Waals surface area contributed by atoms with Crippen LogP contribution in [0.25, 0.3) is 0 Å². The molecule has 2 heterocycles. The second-order valence-corrected chi connectivity index (χ2v) is 6.95. The predicted molar refractivity (Wildman–Crippen MR) is 75.3 cm³/mol. The maximum absolute atomic E-state index is 12.2. The Morgan fingerprint density at radius 1 is 1.33 bits per heavy atom. The maximum Gasteiger partial charge on any atom is 0.341 e. The van der Waals surface area contributed by atoms with Gasteiger partial charge in [0.15, 0.2) is 5.60 Å². The van der Waals surface area contributed by atoms with E-state index in [0.29, 0.717) is 6.54 Å². The molecular formula is C15H28NO5+. The van der Waals surface area contributed by atoms with E-state index < -0.39 is 23.6 Å². The SMILES string of the molecule is CC(C)C(O)(C(=O)OC[C@H]1CC[N+]2(O)CCC[C@@H]12)C(C)O. The molecular weight excluding hydrogens is 274 g/mol. The zero-order valence-electron chi connectivity index (χ0n) is 13.2. The number of hydroxylamine groups is 3. The molecule has 6 nitrogen and oxygen atoms in total. The minimum Gasteiger partial charge on any atom is -0.463 e. The molecule has 2 saturated heterocycles. The molecule has 2 aliphatic heterocycles. The van der Waals surface area contributed by atoms with Gasteiger partial charge in [0.25, 0.3) is 0 Å². The Kier molecular flexibility index (Phi) is 4.63. The molecule has 3 unspecified atom stereocenters. The maximum atomic E-state index is 12.2. The molecule has 0 aromatic carbocycles. The van der Waals surface area contributed by atoms with Crippen LogP contribution in [0.2, 0.25) is 0 Å². The second-order valence-electron chi connectivity index (χ2n) is 6.95. The van der Waals surface area contributed by atoms with Crippen molar-refractivity contribution in [2.45, 2.75) is 57.8 Å². The number of carbonyl (C=O) groups excluding carboxylic acids is 1. The molecule has 0 radical (unpaired) electrons. The third-order valence-electron chi connectivity index (χ3n) is 5.37. The van der Waals surface area contributed by atoms with Gasteiger partial charge in [0.05, 0.1) is 12.0 Å². The Hall–Kier alpha value is -0.690. The van der Waals surface area contributed by atoms with Crippen molar-refractivity contribution in [3.63, 3.8) is 0 Å². The lowest BCUT2D eigenvalue weighted by molar-refractivity contribution is -1.10. The lowest BCUT2D eigenvalue weighted by Gasteiger charge is -2.33. The van der Waals surface area contributed by atoms with Crippen LogP contribution in [0.15, 0.2) is 0 Å². The monoisotopic (exact) mass is 302 g/mol. The molecule has 5 atom stereocenters. The van der Waals surface area contributed by atoms with E-state index >= 15 is 0 Å². The van der Waals surface area contributed by atoms with Crippen LogP contribution in [0.1, 0.15) is 40.0 Å². The highest BCUT2D eigenvalue weighted by molar-refractivity contribution is 5.80. The zero-order chi connectivity index (χ0) is 15.8. The number of hydrogen-bond acceptors (Lipinski definition) is 5. The van der Waals surface area contributed by atoms with Crippen molar-refractivity contribution in [3.05, 3.63) is 0 Å². The average molecular weight is 302 g/mol. The summed E-state index contributed by atoms with van der Waals surface area (Å²) in [4.78, 5) is 12.2. The first-order valence-corrected chi connectivity index (χ1v) is 7.89. The summed E-state index contributed by atoms with van der Waals surface area (Å²) in [5.41, 5.74) is -1.88. The van der Waals surface area contributed by atoms with Gasteiger partial charge in [-0.1, -0.05) is 13.8 Å². The fourth-order valence-electron chi connectivity index (χ4n) is 3.85. The van der Waals surface area contributed by atoms with Gasteiger partial charge in [-0.2, -0.15) is 4.65 Å². The summed E-state index contributed by atoms with van der Waals surface area (Å²) in [5, 5.41) is 30.5. The van der Waals surface area contributed by atoms with Gasteiger partial charge in [0, 0.05) is 19.3 Å². The van der Waals surface area contributed by atoms with E-state index in [-0.39, 0.29) is 23.2 Å². The Balaban J connectivity index is 1.95. The van der Waals surface area contributed by atoms with Crippen LogP contribution >= 0.6 is 0 Å². The number of hydrogen-bond donors (Lipinski definition) is 3. The molecule has 2 rings (SSSR count). The second kappa shape index (κ2) is 5.83. The third-order valence-corrected chi connectivity index (χ3v) is 5.37. The zero-order valence-corrected chi connectivity index (χ0v) is 13.2. The lowest BCUT2D eigenvalue weighted by atomic mass is 9.85. The fraction of sp³-hybridized carbons (Fsp3) is 0.933. The largest absolute Gasteiger partial charge is 0.463 e. The topological polar surface area (TPSA) is 87.0 Å². The van der Waals surface area contributed by atoms with E-state index in [1.807, 2.05) is 0 Å². The molecule has 21 heavy (non-hydrogen) atoms. The lowest BCUT2D eigenvalue weighted by Crippen LogP contribution is -2.54. The van der Waals surface area contributed by atoms with Gasteiger partial charge in [-0.15, -0.1) is 0 Å². The summed E-state index contributed by atoms with van der Waals surface area (Å²) in [6, 6.07) is 0.136. The van der Waals surface area contributed by atoms with Crippen LogP contribution in [0.3, 0.4) is 0 Å². The normalized spacial score (nSPS) is 36.3. The van der Waals surface area contributed by atoms with Crippen molar-refractivity contribution in [1.82, 2.24) is 0 Å². The number of nitrogens with zero attached hydrogens (tertiary/aromatic N) is 1. The van der Waals surface area contributed by atoms with Crippen LogP contribution in [-0.4, -0.2) is 63.5 Å². The molecule has 3 N–H and O–H groups in total. The van der Waals surface area contributed by atoms with Crippen molar-refractivity contribution >= 4 is 5.97 Å². The van der Waals surface area contributed by atoms with E-state index in [1.54, 1.807) is 13.8 Å². The van der Waals surface area contributed by atoms with E-state index in [2.05, 4.69) is 0 Å². The Labute approximate surface area is 125 Å². The molecule has 0 bridgehead atoms. The summed E-state index contributed by atoms with van der Waals surface area (Å²) in [7, 11) is 0. The van der Waals surface area contributed by atoms with Gasteiger partial charge in [-0.3, -0.25) is 0 Å². The summed E-state index contributed by atoms with van der Waals surface area (Å²) < 4.78 is 5.40. The average Bonchev–Trinajstić information content (AvgIpc) is 2.91. The van der Waals surface area contributed by atoms with Crippen LogP contribution in [0.5, 0.6) is 0 Å². The molecule has 0 amide bonds. The summed E-state index contributed by atoms with van der Waals surface area (Å²) in [6.45, 7) is 6.43. The quantitative estimate of drug-likeness (QED) is 0.514. The minimum absolute atomic E-state index is 0.104. The Morgan fingerprint density at radius 2 is 2.00 bits per heavy atom. The number of aliphatic hydroxyl groups is 2. The molecule has 0 aromatic heterocycles. The standard InChI is InChI=1S/C15H28NO5/c1-10(2)15(19,11(3)17)14(18)21-9-12-6-8-16(20)7-4-5-13(12)16/h10-13,17,19-20H,4-9H2,1-3H3/q+1/t11?,12-,13+,15?,16?/m1/s1. The number of esters is 1. The van der Waals surface area contributed by atoms with E-state index in [1.165, 1.54) is 6.92 Å². The van der Waals surface area contributed by atoms with E-state index in [4.69, 9.17) is 4.74 Å². The predicted octanol–water partition coefficient (Wildman–Crippen LogP) is 0.686. The molecule has 0 saturated carbocycles. The Morgan fingerprint density at radius 3 is 2.57 bits per heavy atom. The van der Waals surface area contributed by atoms with E-state index in [0.717, 1.165) is 25.8 Å². The van der Waals surface area contributed by atoms with Crippen LogP contribution in [-0.2, 0) is 9.53 Å². The number of carbonyl (C=O) groups is 1. The van der Waals surface area contributed by atoms with Gasteiger partial charge in [0.2, 0.25) is 0 Å². The van der Waals surface area contributed by atoms with Gasteiger partial charge < -0.3 is 14.9 Å². The molecule has 0 spiro atoms. The molecule has 0 aromatic rings. The van der Waals surface area contributed by atoms with Gasteiger partial charge in [-0.25, -0.2) is 10.0 Å². The van der Waals surface area contributed by atoms with Gasteiger partial charge in [0.1, 0.15) is 25.7 Å².